The van der Waals surface area contributed by atoms with Crippen molar-refractivity contribution < 1.29 is 14.7 Å². The number of aromatic nitrogens is 1. The molecule has 0 fully saturated rings. The standard InChI is InChI=1S/C17H20N2O3.Li.H/c1-2-5-11(17(21)22)10-19-9-8-13-12-6-3-4-7-14(12)18-15(13)16(19)20;;/h3-4,6-7,11,18H,2,5,8-10H2,1H3,(H,21,22);;. The fraction of sp³-hybridized carbons (Fsp3) is 0.412. The van der Waals surface area contributed by atoms with E-state index in [1.54, 1.807) is 4.90 Å². The third kappa shape index (κ3) is 3.31. The molecule has 118 valence electrons. The molecular weight excluding hydrogens is 287 g/mol. The maximum absolute atomic E-state index is 12.7. The second-order valence-electron chi connectivity index (χ2n) is 5.85. The Balaban J connectivity index is 0.00000192. The summed E-state index contributed by atoms with van der Waals surface area (Å²) < 4.78 is 0. The fourth-order valence-corrected chi connectivity index (χ4v) is 3.23. The molecule has 0 aliphatic carbocycles. The quantitative estimate of drug-likeness (QED) is 0.830. The average molecular weight is 308 g/mol. The summed E-state index contributed by atoms with van der Waals surface area (Å²) in [5.74, 6) is -1.39. The Kier molecular flexibility index (Phi) is 5.56. The van der Waals surface area contributed by atoms with E-state index in [1.165, 1.54) is 0 Å². The molecule has 1 atom stereocenters. The van der Waals surface area contributed by atoms with Gasteiger partial charge in [-0.05, 0) is 24.5 Å². The van der Waals surface area contributed by atoms with Crippen LogP contribution in [0.3, 0.4) is 0 Å². The molecule has 1 aliphatic heterocycles. The fourth-order valence-electron chi connectivity index (χ4n) is 3.23. The first kappa shape index (κ1) is 17.6. The van der Waals surface area contributed by atoms with Crippen LogP contribution in [-0.2, 0) is 11.2 Å². The second-order valence-corrected chi connectivity index (χ2v) is 5.85. The van der Waals surface area contributed by atoms with Crippen molar-refractivity contribution in [1.82, 2.24) is 9.88 Å². The number of nitrogens with one attached hydrogen (secondary N) is 1. The first-order chi connectivity index (χ1) is 10.6. The van der Waals surface area contributed by atoms with Crippen LogP contribution in [0.4, 0.5) is 0 Å². The van der Waals surface area contributed by atoms with Crippen molar-refractivity contribution in [2.75, 3.05) is 13.1 Å². The number of carboxylic acid groups (broad SMARTS) is 1. The Hall–Kier alpha value is -1.70. The number of hydrogen-bond acceptors (Lipinski definition) is 2. The predicted molar refractivity (Wildman–Crippen MR) is 91.1 cm³/mol. The van der Waals surface area contributed by atoms with Gasteiger partial charge < -0.3 is 15.0 Å². The van der Waals surface area contributed by atoms with E-state index in [0.717, 1.165) is 29.3 Å². The van der Waals surface area contributed by atoms with Gasteiger partial charge in [0.15, 0.2) is 0 Å². The van der Waals surface area contributed by atoms with Gasteiger partial charge in [-0.1, -0.05) is 31.5 Å². The normalized spacial score (nSPS) is 15.2. The molecule has 2 N–H and O–H groups in total. The van der Waals surface area contributed by atoms with E-state index < -0.39 is 11.9 Å². The third-order valence-corrected chi connectivity index (χ3v) is 4.37. The molecule has 3 rings (SSSR count). The molecule has 0 radical (unpaired) electrons. The second kappa shape index (κ2) is 7.25. The number of H-pyrrole nitrogens is 1. The van der Waals surface area contributed by atoms with Crippen LogP contribution in [0.15, 0.2) is 24.3 Å². The minimum atomic E-state index is -0.822. The molecule has 5 nitrogen and oxygen atoms in total. The van der Waals surface area contributed by atoms with Crippen LogP contribution in [0, 0.1) is 5.92 Å². The predicted octanol–water partition coefficient (Wildman–Crippen LogP) is 2.02. The number of benzene rings is 1. The minimum absolute atomic E-state index is 0. The van der Waals surface area contributed by atoms with Crippen LogP contribution in [-0.4, -0.2) is 58.8 Å². The van der Waals surface area contributed by atoms with Crippen molar-refractivity contribution in [3.63, 3.8) is 0 Å². The summed E-state index contributed by atoms with van der Waals surface area (Å²) in [5.41, 5.74) is 2.64. The van der Waals surface area contributed by atoms with Gasteiger partial charge in [0, 0.05) is 24.0 Å². The number of amides is 1. The number of nitrogens with zero attached hydrogens (tertiary/aromatic N) is 1. The molecule has 0 saturated heterocycles. The van der Waals surface area contributed by atoms with Crippen LogP contribution >= 0.6 is 0 Å². The van der Waals surface area contributed by atoms with E-state index in [4.69, 9.17) is 0 Å². The third-order valence-electron chi connectivity index (χ3n) is 4.37. The van der Waals surface area contributed by atoms with Crippen LogP contribution in [0.25, 0.3) is 10.9 Å². The number of carboxylic acids is 1. The van der Waals surface area contributed by atoms with E-state index >= 15 is 0 Å². The van der Waals surface area contributed by atoms with Gasteiger partial charge in [0.1, 0.15) is 5.69 Å². The molecule has 2 heterocycles. The van der Waals surface area contributed by atoms with Crippen molar-refractivity contribution in [2.45, 2.75) is 26.2 Å². The van der Waals surface area contributed by atoms with Crippen molar-refractivity contribution in [3.05, 3.63) is 35.5 Å². The number of aromatic amines is 1. The Morgan fingerprint density at radius 3 is 2.83 bits per heavy atom. The summed E-state index contributed by atoms with van der Waals surface area (Å²) in [4.78, 5) is 28.8. The molecule has 1 unspecified atom stereocenters. The van der Waals surface area contributed by atoms with Crippen LogP contribution in [0.2, 0.25) is 0 Å². The number of carbonyl (C=O) groups is 2. The SMILES string of the molecule is CCCC(CN1CCc2c([nH]c3ccccc23)C1=O)C(=O)O.[LiH]. The molecule has 23 heavy (non-hydrogen) atoms. The molecule has 1 aliphatic rings. The molecule has 0 saturated carbocycles. The van der Waals surface area contributed by atoms with Crippen LogP contribution in [0.1, 0.15) is 35.8 Å². The van der Waals surface area contributed by atoms with Gasteiger partial charge in [-0.3, -0.25) is 9.59 Å². The molecule has 1 aromatic carbocycles. The Labute approximate surface area is 147 Å². The number of fused-ring (bicyclic) bond motifs is 3. The molecule has 0 bridgehead atoms. The van der Waals surface area contributed by atoms with Crippen LogP contribution in [0.5, 0.6) is 0 Å². The van der Waals surface area contributed by atoms with E-state index in [-0.39, 0.29) is 31.3 Å². The summed E-state index contributed by atoms with van der Waals surface area (Å²) in [6.07, 6.45) is 2.17. The Bertz CT molecular complexity index is 726. The van der Waals surface area contributed by atoms with Crippen LogP contribution < -0.4 is 0 Å². The zero-order valence-corrected chi connectivity index (χ0v) is 12.6. The van der Waals surface area contributed by atoms with Gasteiger partial charge in [-0.15, -0.1) is 0 Å². The number of rotatable bonds is 5. The number of hydrogen-bond donors (Lipinski definition) is 2. The van der Waals surface area contributed by atoms with Crippen molar-refractivity contribution in [2.24, 2.45) is 5.92 Å². The molecule has 0 spiro atoms. The van der Waals surface area contributed by atoms with Gasteiger partial charge in [0.05, 0.1) is 5.92 Å². The monoisotopic (exact) mass is 308 g/mol. The zero-order valence-electron chi connectivity index (χ0n) is 12.6. The van der Waals surface area contributed by atoms with Gasteiger partial charge in [0.25, 0.3) is 5.91 Å². The molecule has 2 aromatic rings. The molecule has 1 aromatic heterocycles. The van der Waals surface area contributed by atoms with E-state index in [0.29, 0.717) is 18.7 Å². The average Bonchev–Trinajstić information content (AvgIpc) is 2.88. The molecule has 6 heteroatoms. The summed E-state index contributed by atoms with van der Waals surface area (Å²) in [6, 6.07) is 7.89. The Morgan fingerprint density at radius 2 is 2.13 bits per heavy atom. The summed E-state index contributed by atoms with van der Waals surface area (Å²) in [5, 5.41) is 10.4. The zero-order chi connectivity index (χ0) is 15.7. The maximum atomic E-state index is 12.7. The number of aliphatic carboxylic acids is 1. The number of carbonyl (C=O) groups excluding carboxylic acids is 1. The van der Waals surface area contributed by atoms with E-state index in [9.17, 15) is 14.7 Å². The first-order valence-electron chi connectivity index (χ1n) is 7.73. The summed E-state index contributed by atoms with van der Waals surface area (Å²) in [7, 11) is 0. The van der Waals surface area contributed by atoms with Gasteiger partial charge in [-0.25, -0.2) is 0 Å². The number of para-hydroxylation sites is 1. The summed E-state index contributed by atoms with van der Waals surface area (Å²) in [6.45, 7) is 2.84. The Morgan fingerprint density at radius 1 is 1.39 bits per heavy atom. The van der Waals surface area contributed by atoms with E-state index in [1.807, 2.05) is 31.2 Å². The van der Waals surface area contributed by atoms with Crippen molar-refractivity contribution in [1.29, 1.82) is 0 Å². The van der Waals surface area contributed by atoms with Gasteiger partial charge in [0.2, 0.25) is 0 Å². The summed E-state index contributed by atoms with van der Waals surface area (Å²) >= 11 is 0. The topological polar surface area (TPSA) is 73.4 Å². The molecular formula is C17H21LiN2O3. The first-order valence-corrected chi connectivity index (χ1v) is 7.73. The van der Waals surface area contributed by atoms with Crippen molar-refractivity contribution in [3.8, 4) is 0 Å². The van der Waals surface area contributed by atoms with Crippen molar-refractivity contribution >= 4 is 41.6 Å². The van der Waals surface area contributed by atoms with E-state index in [2.05, 4.69) is 4.98 Å². The van der Waals surface area contributed by atoms with Gasteiger partial charge >= 0.3 is 24.8 Å². The van der Waals surface area contributed by atoms with Gasteiger partial charge in [-0.2, -0.15) is 0 Å². The molecule has 1 amide bonds.